The first-order chi connectivity index (χ1) is 8.33. The van der Waals surface area contributed by atoms with Gasteiger partial charge in [-0.25, -0.2) is 17.5 Å². The molecule has 1 unspecified atom stereocenters. The summed E-state index contributed by atoms with van der Waals surface area (Å²) in [4.78, 5) is 0.0842. The van der Waals surface area contributed by atoms with E-state index in [1.807, 2.05) is 0 Å². The highest BCUT2D eigenvalue weighted by molar-refractivity contribution is 7.89. The Morgan fingerprint density at radius 2 is 2.11 bits per heavy atom. The quantitative estimate of drug-likeness (QED) is 0.775. The number of nitrogens with one attached hydrogen (secondary N) is 1. The third-order valence-corrected chi connectivity index (χ3v) is 4.14. The maximum atomic E-state index is 12.9. The van der Waals surface area contributed by atoms with Gasteiger partial charge in [0.1, 0.15) is 5.82 Å². The van der Waals surface area contributed by atoms with E-state index in [0.29, 0.717) is 18.4 Å². The van der Waals surface area contributed by atoms with Gasteiger partial charge in [0.05, 0.1) is 11.0 Å². The molecular formula is C12H18FNO3S. The molecule has 1 aromatic rings. The summed E-state index contributed by atoms with van der Waals surface area (Å²) in [5.41, 5.74) is 0.373. The Bertz CT molecular complexity index is 500. The average molecular weight is 275 g/mol. The van der Waals surface area contributed by atoms with Gasteiger partial charge in [-0.3, -0.25) is 0 Å². The molecule has 1 aromatic carbocycles. The molecule has 0 heterocycles. The summed E-state index contributed by atoms with van der Waals surface area (Å²) in [7, 11) is -3.60. The molecular weight excluding hydrogens is 257 g/mol. The molecule has 0 aliphatic rings. The monoisotopic (exact) mass is 275 g/mol. The maximum absolute atomic E-state index is 12.9. The van der Waals surface area contributed by atoms with Gasteiger partial charge in [-0.2, -0.15) is 0 Å². The fourth-order valence-corrected chi connectivity index (χ4v) is 2.89. The fourth-order valence-electron chi connectivity index (χ4n) is 1.60. The molecule has 0 aliphatic heterocycles. The van der Waals surface area contributed by atoms with Crippen LogP contribution in [0.1, 0.15) is 25.3 Å². The molecule has 0 saturated heterocycles. The Morgan fingerprint density at radius 3 is 2.67 bits per heavy atom. The van der Waals surface area contributed by atoms with Crippen LogP contribution in [0.2, 0.25) is 0 Å². The Balaban J connectivity index is 2.69. The minimum Gasteiger partial charge on any atom is -0.393 e. The summed E-state index contributed by atoms with van der Waals surface area (Å²) in [6.45, 7) is 3.45. The smallest absolute Gasteiger partial charge is 0.240 e. The van der Waals surface area contributed by atoms with Crippen LogP contribution in [0.5, 0.6) is 0 Å². The Kier molecular flexibility index (Phi) is 5.25. The van der Waals surface area contributed by atoms with Crippen molar-refractivity contribution in [3.8, 4) is 0 Å². The van der Waals surface area contributed by atoms with Crippen LogP contribution in [-0.2, 0) is 10.0 Å². The van der Waals surface area contributed by atoms with Crippen molar-refractivity contribution in [3.05, 3.63) is 29.6 Å². The molecule has 1 atom stereocenters. The number of hydrogen-bond acceptors (Lipinski definition) is 3. The largest absolute Gasteiger partial charge is 0.393 e. The first-order valence-electron chi connectivity index (χ1n) is 5.77. The minimum absolute atomic E-state index is 0.0842. The lowest BCUT2D eigenvalue weighted by atomic mass is 10.2. The van der Waals surface area contributed by atoms with Crippen LogP contribution >= 0.6 is 0 Å². The molecule has 0 saturated carbocycles. The van der Waals surface area contributed by atoms with E-state index in [0.717, 1.165) is 6.07 Å². The summed E-state index contributed by atoms with van der Waals surface area (Å²) in [5.74, 6) is -0.458. The van der Waals surface area contributed by atoms with Crippen molar-refractivity contribution < 1.29 is 17.9 Å². The van der Waals surface area contributed by atoms with Crippen molar-refractivity contribution in [2.45, 2.75) is 37.7 Å². The molecule has 4 nitrogen and oxygen atoms in total. The van der Waals surface area contributed by atoms with Crippen LogP contribution in [0.25, 0.3) is 0 Å². The van der Waals surface area contributed by atoms with Gasteiger partial charge in [0.2, 0.25) is 10.0 Å². The molecule has 0 fully saturated rings. The highest BCUT2D eigenvalue weighted by atomic mass is 32.2. The Morgan fingerprint density at radius 1 is 1.44 bits per heavy atom. The lowest BCUT2D eigenvalue weighted by Crippen LogP contribution is -2.26. The summed E-state index contributed by atoms with van der Waals surface area (Å²) in [6.07, 6.45) is 0.643. The van der Waals surface area contributed by atoms with Gasteiger partial charge in [0.25, 0.3) is 0 Å². The van der Waals surface area contributed by atoms with E-state index < -0.39 is 21.9 Å². The number of aliphatic hydroxyl groups is 1. The number of benzene rings is 1. The van der Waals surface area contributed by atoms with Crippen LogP contribution in [0.3, 0.4) is 0 Å². The van der Waals surface area contributed by atoms with E-state index in [2.05, 4.69) is 4.72 Å². The van der Waals surface area contributed by atoms with Gasteiger partial charge < -0.3 is 5.11 Å². The zero-order valence-electron chi connectivity index (χ0n) is 10.5. The molecule has 0 amide bonds. The van der Waals surface area contributed by atoms with Crippen LogP contribution in [0, 0.1) is 12.7 Å². The van der Waals surface area contributed by atoms with Crippen molar-refractivity contribution >= 4 is 10.0 Å². The molecule has 0 aliphatic carbocycles. The summed E-state index contributed by atoms with van der Waals surface area (Å²) >= 11 is 0. The standard InChI is InChI=1S/C12H18FNO3S/c1-9-8-11(13)5-6-12(9)18(16,17)14-7-3-4-10(2)15/h5-6,8,10,14-15H,3-4,7H2,1-2H3. The molecule has 0 radical (unpaired) electrons. The summed E-state index contributed by atoms with van der Waals surface area (Å²) < 4.78 is 39.1. The number of sulfonamides is 1. The normalized spacial score (nSPS) is 13.6. The topological polar surface area (TPSA) is 66.4 Å². The summed E-state index contributed by atoms with van der Waals surface area (Å²) in [5, 5.41) is 9.05. The second kappa shape index (κ2) is 6.26. The number of aliphatic hydroxyl groups excluding tert-OH is 1. The highest BCUT2D eigenvalue weighted by Crippen LogP contribution is 2.15. The van der Waals surface area contributed by atoms with Gasteiger partial charge >= 0.3 is 0 Å². The second-order valence-electron chi connectivity index (χ2n) is 4.30. The number of hydrogen-bond donors (Lipinski definition) is 2. The van der Waals surface area contributed by atoms with Gasteiger partial charge in [0.15, 0.2) is 0 Å². The van der Waals surface area contributed by atoms with Crippen LogP contribution in [0.15, 0.2) is 23.1 Å². The van der Waals surface area contributed by atoms with Gasteiger partial charge in [-0.05, 0) is 50.5 Å². The van der Waals surface area contributed by atoms with E-state index >= 15 is 0 Å². The molecule has 102 valence electrons. The molecule has 1 rings (SSSR count). The third-order valence-electron chi connectivity index (χ3n) is 2.52. The van der Waals surface area contributed by atoms with Gasteiger partial charge in [-0.15, -0.1) is 0 Å². The van der Waals surface area contributed by atoms with E-state index in [1.165, 1.54) is 12.1 Å². The van der Waals surface area contributed by atoms with Crippen molar-refractivity contribution in [2.75, 3.05) is 6.54 Å². The van der Waals surface area contributed by atoms with Crippen LogP contribution in [0.4, 0.5) is 4.39 Å². The Hall–Kier alpha value is -0.980. The van der Waals surface area contributed by atoms with Crippen molar-refractivity contribution in [1.82, 2.24) is 4.72 Å². The number of aryl methyl sites for hydroxylation is 1. The average Bonchev–Trinajstić information content (AvgIpc) is 2.23. The van der Waals surface area contributed by atoms with E-state index in [9.17, 15) is 12.8 Å². The highest BCUT2D eigenvalue weighted by Gasteiger charge is 2.16. The molecule has 0 bridgehead atoms. The molecule has 0 spiro atoms. The maximum Gasteiger partial charge on any atom is 0.240 e. The fraction of sp³-hybridized carbons (Fsp3) is 0.500. The van der Waals surface area contributed by atoms with Crippen LogP contribution < -0.4 is 4.72 Å². The van der Waals surface area contributed by atoms with Crippen molar-refractivity contribution in [1.29, 1.82) is 0 Å². The molecule has 6 heteroatoms. The van der Waals surface area contributed by atoms with E-state index in [-0.39, 0.29) is 11.4 Å². The van der Waals surface area contributed by atoms with E-state index in [1.54, 1.807) is 13.8 Å². The van der Waals surface area contributed by atoms with Crippen LogP contribution in [-0.4, -0.2) is 26.2 Å². The first-order valence-corrected chi connectivity index (χ1v) is 7.25. The Labute approximate surface area is 107 Å². The zero-order chi connectivity index (χ0) is 13.8. The predicted molar refractivity (Wildman–Crippen MR) is 67.2 cm³/mol. The van der Waals surface area contributed by atoms with Crippen molar-refractivity contribution in [2.24, 2.45) is 0 Å². The first kappa shape index (κ1) is 15.1. The lowest BCUT2D eigenvalue weighted by Gasteiger charge is -2.09. The van der Waals surface area contributed by atoms with Gasteiger partial charge in [-0.1, -0.05) is 0 Å². The molecule has 2 N–H and O–H groups in total. The zero-order valence-corrected chi connectivity index (χ0v) is 11.3. The second-order valence-corrected chi connectivity index (χ2v) is 6.03. The predicted octanol–water partition coefficient (Wildman–Crippen LogP) is 1.57. The number of rotatable bonds is 6. The van der Waals surface area contributed by atoms with E-state index in [4.69, 9.17) is 5.11 Å². The number of halogens is 1. The van der Waals surface area contributed by atoms with Crippen molar-refractivity contribution in [3.63, 3.8) is 0 Å². The van der Waals surface area contributed by atoms with Gasteiger partial charge in [0, 0.05) is 6.54 Å². The minimum atomic E-state index is -3.60. The summed E-state index contributed by atoms with van der Waals surface area (Å²) in [6, 6.07) is 3.56. The lowest BCUT2D eigenvalue weighted by molar-refractivity contribution is 0.182. The molecule has 0 aromatic heterocycles. The SMILES string of the molecule is Cc1cc(F)ccc1S(=O)(=O)NCCCC(C)O. The third kappa shape index (κ3) is 4.36. The molecule has 18 heavy (non-hydrogen) atoms.